The number of nitrogens with one attached hydrogen (secondary N) is 2. The van der Waals surface area contributed by atoms with Crippen LogP contribution in [0.2, 0.25) is 0 Å². The molecule has 2 saturated heterocycles. The Morgan fingerprint density at radius 1 is 1.27 bits per heavy atom. The fourth-order valence-corrected chi connectivity index (χ4v) is 4.47. The zero-order valence-electron chi connectivity index (χ0n) is 13.0. The number of fused-ring (bicyclic) bond motifs is 1. The lowest BCUT2D eigenvalue weighted by Gasteiger charge is -2.16. The summed E-state index contributed by atoms with van der Waals surface area (Å²) in [6, 6.07) is 0.483. The lowest BCUT2D eigenvalue weighted by atomic mass is 10.0. The summed E-state index contributed by atoms with van der Waals surface area (Å²) < 4.78 is 0. The van der Waals surface area contributed by atoms with Crippen molar-refractivity contribution in [1.29, 1.82) is 0 Å². The maximum absolute atomic E-state index is 11.7. The third kappa shape index (κ3) is 5.16. The molecule has 0 spiro atoms. The number of carbonyl (C=O) groups excluding carboxylic acids is 3. The summed E-state index contributed by atoms with van der Waals surface area (Å²) >= 11 is 1.91. The van der Waals surface area contributed by atoms with Crippen LogP contribution in [0, 0.1) is 0 Å². The Kier molecular flexibility index (Phi) is 6.49. The van der Waals surface area contributed by atoms with Crippen LogP contribution in [-0.4, -0.2) is 40.7 Å². The van der Waals surface area contributed by atoms with Crippen LogP contribution in [0.1, 0.15) is 45.4 Å². The maximum atomic E-state index is 11.7. The molecule has 2 N–H and O–H groups in total. The molecule has 2 fully saturated rings. The molecule has 0 aromatic heterocycles. The molecule has 0 bridgehead atoms. The van der Waals surface area contributed by atoms with Crippen molar-refractivity contribution in [2.24, 2.45) is 0 Å². The van der Waals surface area contributed by atoms with Crippen molar-refractivity contribution < 1.29 is 14.4 Å². The first kappa shape index (κ1) is 17.1. The van der Waals surface area contributed by atoms with E-state index in [1.54, 1.807) is 6.08 Å². The van der Waals surface area contributed by atoms with Crippen LogP contribution in [0.5, 0.6) is 0 Å². The van der Waals surface area contributed by atoms with E-state index in [-0.39, 0.29) is 29.7 Å². The number of carbonyl (C=O) groups is 3. The van der Waals surface area contributed by atoms with Gasteiger partial charge in [0.1, 0.15) is 5.78 Å². The number of urea groups is 1. The summed E-state index contributed by atoms with van der Waals surface area (Å²) in [7, 11) is 0. The number of Topliss-reactive ketones (excluding diaryl/α,β-unsaturated/α-hetero) is 1. The topological polar surface area (TPSA) is 75.3 Å². The highest BCUT2D eigenvalue weighted by molar-refractivity contribution is 8.00. The molecule has 2 rings (SSSR count). The van der Waals surface area contributed by atoms with Gasteiger partial charge >= 0.3 is 6.03 Å². The minimum absolute atomic E-state index is 0.0216. The molecule has 0 saturated carbocycles. The molecule has 0 aromatic rings. The molecule has 2 aliphatic heterocycles. The van der Waals surface area contributed by atoms with Crippen molar-refractivity contribution in [3.8, 4) is 0 Å². The number of thioether (sulfide) groups is 1. The van der Waals surface area contributed by atoms with Gasteiger partial charge in [-0.3, -0.25) is 9.59 Å². The Morgan fingerprint density at radius 2 is 2.09 bits per heavy atom. The van der Waals surface area contributed by atoms with Crippen molar-refractivity contribution in [3.05, 3.63) is 12.2 Å². The molecular formula is C16H24N2O3S. The first-order chi connectivity index (χ1) is 10.6. The minimum Gasteiger partial charge on any atom is -0.332 e. The normalized spacial score (nSPS) is 26.8. The second-order valence-electron chi connectivity index (χ2n) is 5.96. The lowest BCUT2D eigenvalue weighted by Crippen LogP contribution is -2.36. The Bertz CT molecular complexity index is 464. The highest BCUT2D eigenvalue weighted by Crippen LogP contribution is 2.33. The summed E-state index contributed by atoms with van der Waals surface area (Å²) in [5, 5.41) is 6.39. The summed E-state index contributed by atoms with van der Waals surface area (Å²) in [6.45, 7) is 1.51. The number of hydrogen-bond acceptors (Lipinski definition) is 4. The fourth-order valence-electron chi connectivity index (χ4n) is 2.93. The van der Waals surface area contributed by atoms with Crippen LogP contribution < -0.4 is 10.6 Å². The molecule has 0 aromatic carbocycles. The van der Waals surface area contributed by atoms with E-state index in [1.165, 1.54) is 13.0 Å². The van der Waals surface area contributed by atoms with E-state index in [2.05, 4.69) is 10.6 Å². The molecule has 122 valence electrons. The van der Waals surface area contributed by atoms with E-state index < -0.39 is 0 Å². The summed E-state index contributed by atoms with van der Waals surface area (Å²) in [6.07, 6.45) is 8.05. The predicted molar refractivity (Wildman–Crippen MR) is 88.0 cm³/mol. The number of amides is 2. The van der Waals surface area contributed by atoms with Crippen molar-refractivity contribution in [3.63, 3.8) is 0 Å². The van der Waals surface area contributed by atoms with Gasteiger partial charge in [-0.1, -0.05) is 12.5 Å². The van der Waals surface area contributed by atoms with E-state index in [9.17, 15) is 14.4 Å². The van der Waals surface area contributed by atoms with Gasteiger partial charge in [0, 0.05) is 23.8 Å². The largest absolute Gasteiger partial charge is 0.332 e. The second-order valence-corrected chi connectivity index (χ2v) is 7.23. The Morgan fingerprint density at radius 3 is 2.86 bits per heavy atom. The van der Waals surface area contributed by atoms with Gasteiger partial charge < -0.3 is 10.6 Å². The minimum atomic E-state index is -0.0471. The molecule has 6 heteroatoms. The van der Waals surface area contributed by atoms with E-state index in [0.717, 1.165) is 25.0 Å². The van der Waals surface area contributed by atoms with E-state index >= 15 is 0 Å². The standard InChI is InChI=1S/C16H24N2O3S/c1-11(19)6-2-3-7-12(20)8-4-5-9-14-15-13(10-22-14)17-16(21)18-15/h2,6,13-15H,3-5,7-10H2,1H3,(H2,17,18,21)/b6-2+/t13-,14-,15-/m1/s1. The fraction of sp³-hybridized carbons (Fsp3) is 0.688. The van der Waals surface area contributed by atoms with E-state index in [4.69, 9.17) is 0 Å². The van der Waals surface area contributed by atoms with Crippen LogP contribution in [0.25, 0.3) is 0 Å². The molecule has 3 atom stereocenters. The highest BCUT2D eigenvalue weighted by Gasteiger charge is 2.42. The van der Waals surface area contributed by atoms with Crippen molar-refractivity contribution in [2.75, 3.05) is 5.75 Å². The van der Waals surface area contributed by atoms with Crippen molar-refractivity contribution >= 4 is 29.4 Å². The first-order valence-corrected chi connectivity index (χ1v) is 8.98. The monoisotopic (exact) mass is 324 g/mol. The molecule has 0 aliphatic carbocycles. The summed E-state index contributed by atoms with van der Waals surface area (Å²) in [5.74, 6) is 1.27. The van der Waals surface area contributed by atoms with Gasteiger partial charge in [0.2, 0.25) is 0 Å². The predicted octanol–water partition coefficient (Wildman–Crippen LogP) is 2.21. The molecule has 22 heavy (non-hydrogen) atoms. The zero-order valence-corrected chi connectivity index (χ0v) is 13.8. The summed E-state index contributed by atoms with van der Waals surface area (Å²) in [5.41, 5.74) is 0. The zero-order chi connectivity index (χ0) is 15.9. The third-order valence-electron chi connectivity index (χ3n) is 4.07. The van der Waals surface area contributed by atoms with Gasteiger partial charge in [-0.2, -0.15) is 11.8 Å². The quantitative estimate of drug-likeness (QED) is 0.387. The molecule has 2 heterocycles. The van der Waals surface area contributed by atoms with Gasteiger partial charge in [0.25, 0.3) is 0 Å². The smallest absolute Gasteiger partial charge is 0.315 e. The van der Waals surface area contributed by atoms with Crippen LogP contribution in [0.15, 0.2) is 12.2 Å². The first-order valence-electron chi connectivity index (χ1n) is 7.93. The number of allylic oxidation sites excluding steroid dienone is 2. The van der Waals surface area contributed by atoms with E-state index in [0.29, 0.717) is 24.5 Å². The highest BCUT2D eigenvalue weighted by atomic mass is 32.2. The van der Waals surface area contributed by atoms with Gasteiger partial charge in [-0.15, -0.1) is 0 Å². The van der Waals surface area contributed by atoms with Gasteiger partial charge in [-0.25, -0.2) is 4.79 Å². The molecule has 5 nitrogen and oxygen atoms in total. The van der Waals surface area contributed by atoms with Crippen molar-refractivity contribution in [2.45, 2.75) is 62.8 Å². The summed E-state index contributed by atoms with van der Waals surface area (Å²) in [4.78, 5) is 33.7. The van der Waals surface area contributed by atoms with Crippen LogP contribution >= 0.6 is 11.8 Å². The number of rotatable bonds is 9. The third-order valence-corrected chi connectivity index (χ3v) is 5.58. The van der Waals surface area contributed by atoms with Gasteiger partial charge in [0.05, 0.1) is 12.1 Å². The van der Waals surface area contributed by atoms with Crippen molar-refractivity contribution in [1.82, 2.24) is 10.6 Å². The van der Waals surface area contributed by atoms with Gasteiger partial charge in [-0.05, 0) is 32.3 Å². The lowest BCUT2D eigenvalue weighted by molar-refractivity contribution is -0.119. The van der Waals surface area contributed by atoms with Crippen LogP contribution in [0.4, 0.5) is 4.79 Å². The SMILES string of the molecule is CC(=O)/C=C/CCC(=O)CCCC[C@H]1SC[C@H]2NC(=O)N[C@H]21. The van der Waals surface area contributed by atoms with Gasteiger partial charge in [0.15, 0.2) is 5.78 Å². The van der Waals surface area contributed by atoms with E-state index in [1.807, 2.05) is 11.8 Å². The Labute approximate surface area is 135 Å². The molecule has 0 unspecified atom stereocenters. The van der Waals surface area contributed by atoms with Crippen LogP contribution in [-0.2, 0) is 9.59 Å². The maximum Gasteiger partial charge on any atom is 0.315 e. The molecule has 2 aliphatic rings. The number of ketones is 2. The molecule has 0 radical (unpaired) electrons. The second kappa shape index (κ2) is 8.36. The molecule has 2 amide bonds. The van der Waals surface area contributed by atoms with Crippen LogP contribution in [0.3, 0.4) is 0 Å². The Hall–Kier alpha value is -1.30. The average Bonchev–Trinajstić information content (AvgIpc) is 2.99. The Balaban J connectivity index is 1.55. The molecular weight excluding hydrogens is 300 g/mol. The average molecular weight is 324 g/mol. The number of hydrogen-bond donors (Lipinski definition) is 2. The number of unbranched alkanes of at least 4 members (excludes halogenated alkanes) is 1.